The van der Waals surface area contributed by atoms with Crippen LogP contribution in [0.3, 0.4) is 0 Å². The number of aromatic nitrogens is 2. The molecule has 2 aromatic rings. The molecule has 2 saturated carbocycles. The van der Waals surface area contributed by atoms with Crippen LogP contribution in [0.5, 0.6) is 0 Å². The van der Waals surface area contributed by atoms with Gasteiger partial charge in [-0.2, -0.15) is 5.10 Å². The van der Waals surface area contributed by atoms with Crippen LogP contribution in [0.4, 0.5) is 0 Å². The van der Waals surface area contributed by atoms with E-state index in [1.807, 2.05) is 30.0 Å². The van der Waals surface area contributed by atoms with E-state index in [0.29, 0.717) is 29.1 Å². The van der Waals surface area contributed by atoms with Gasteiger partial charge in [-0.05, 0) is 67.9 Å². The maximum absolute atomic E-state index is 13.5. The summed E-state index contributed by atoms with van der Waals surface area (Å²) in [5.74, 6) is 0.387. The number of carbonyl (C=O) groups excluding carboxylic acids is 3. The number of aryl methyl sites for hydroxylation is 1. The number of primary amides is 1. The number of carbonyl (C=O) groups is 3. The molecule has 2 heterocycles. The Labute approximate surface area is 194 Å². The third-order valence-electron chi connectivity index (χ3n) is 7.99. The summed E-state index contributed by atoms with van der Waals surface area (Å²) in [5, 5.41) is 5.02. The van der Waals surface area contributed by atoms with Crippen molar-refractivity contribution in [2.45, 2.75) is 84.3 Å². The van der Waals surface area contributed by atoms with Gasteiger partial charge in [-0.1, -0.05) is 32.4 Å². The summed E-state index contributed by atoms with van der Waals surface area (Å²) in [6.07, 6.45) is 6.94. The molecule has 1 aromatic heterocycles. The number of hydrogen-bond donors (Lipinski definition) is 1. The van der Waals surface area contributed by atoms with Gasteiger partial charge >= 0.3 is 0 Å². The molecule has 2 N–H and O–H groups in total. The van der Waals surface area contributed by atoms with Crippen molar-refractivity contribution in [3.63, 3.8) is 0 Å². The highest BCUT2D eigenvalue weighted by Crippen LogP contribution is 2.49. The average molecular weight is 451 g/mol. The quantitative estimate of drug-likeness (QED) is 0.727. The van der Waals surface area contributed by atoms with E-state index in [-0.39, 0.29) is 36.0 Å². The zero-order chi connectivity index (χ0) is 23.5. The number of rotatable bonds is 6. The number of fused-ring (bicyclic) bond motifs is 2. The van der Waals surface area contributed by atoms with E-state index < -0.39 is 5.91 Å². The van der Waals surface area contributed by atoms with Crippen molar-refractivity contribution in [2.24, 2.45) is 23.0 Å². The first kappa shape index (κ1) is 22.1. The molecule has 2 amide bonds. The highest BCUT2D eigenvalue weighted by Gasteiger charge is 2.55. The van der Waals surface area contributed by atoms with Crippen LogP contribution in [-0.4, -0.2) is 44.4 Å². The first-order valence-corrected chi connectivity index (χ1v) is 12.2. The number of likely N-dealkylation sites (tertiary alicyclic amines) is 1. The number of ketones is 1. The summed E-state index contributed by atoms with van der Waals surface area (Å²) in [6, 6.07) is 5.50. The number of nitrogens with two attached hydrogens (primary N) is 1. The van der Waals surface area contributed by atoms with Gasteiger partial charge in [0, 0.05) is 17.8 Å². The molecule has 176 valence electrons. The van der Waals surface area contributed by atoms with E-state index in [9.17, 15) is 14.4 Å². The number of amides is 2. The monoisotopic (exact) mass is 450 g/mol. The second-order valence-electron chi connectivity index (χ2n) is 11.3. The first-order valence-electron chi connectivity index (χ1n) is 12.2. The number of piperidine rings is 1. The summed E-state index contributed by atoms with van der Waals surface area (Å²) >= 11 is 0. The molecule has 1 aromatic carbocycles. The van der Waals surface area contributed by atoms with Crippen molar-refractivity contribution in [1.82, 2.24) is 14.7 Å². The minimum absolute atomic E-state index is 0.0106. The predicted octanol–water partition coefficient (Wildman–Crippen LogP) is 3.61. The second kappa shape index (κ2) is 7.96. The minimum atomic E-state index is -0.609. The van der Waals surface area contributed by atoms with Gasteiger partial charge in [-0.3, -0.25) is 19.1 Å². The lowest BCUT2D eigenvalue weighted by atomic mass is 9.70. The molecule has 3 aliphatic rings. The third kappa shape index (κ3) is 4.18. The van der Waals surface area contributed by atoms with Crippen LogP contribution < -0.4 is 5.73 Å². The Morgan fingerprint density at radius 1 is 1.21 bits per heavy atom. The molecule has 0 radical (unpaired) electrons. The summed E-state index contributed by atoms with van der Waals surface area (Å²) in [5.41, 5.74) is 7.74. The molecule has 33 heavy (non-hydrogen) atoms. The van der Waals surface area contributed by atoms with Gasteiger partial charge in [0.1, 0.15) is 6.54 Å². The van der Waals surface area contributed by atoms with Crippen LogP contribution in [0.1, 0.15) is 74.8 Å². The number of Topliss-reactive ketones (excluding diaryl/α,β-unsaturated/α-hetero) is 1. The zero-order valence-corrected chi connectivity index (χ0v) is 19.8. The van der Waals surface area contributed by atoms with E-state index in [0.717, 1.165) is 36.8 Å². The smallest absolute Gasteiger partial charge is 0.269 e. The molecule has 0 bridgehead atoms. The lowest BCUT2D eigenvalue weighted by Crippen LogP contribution is -2.45. The SMILES string of the molecule is Cc1ccc2c(C(N)=O)nn(CC(=O)N3[C@@H]4C[C@@H]4C[C@H]3C(=O)CC3CCCC(C)(C)C3)c2c1. The van der Waals surface area contributed by atoms with Crippen LogP contribution in [0.25, 0.3) is 10.9 Å². The molecular weight excluding hydrogens is 416 g/mol. The molecule has 1 saturated heterocycles. The van der Waals surface area contributed by atoms with Gasteiger partial charge in [-0.15, -0.1) is 0 Å². The molecule has 7 nitrogen and oxygen atoms in total. The summed E-state index contributed by atoms with van der Waals surface area (Å²) in [4.78, 5) is 40.5. The Bertz CT molecular complexity index is 1130. The normalized spacial score (nSPS) is 28.0. The van der Waals surface area contributed by atoms with E-state index in [4.69, 9.17) is 5.73 Å². The first-order chi connectivity index (χ1) is 15.6. The van der Waals surface area contributed by atoms with Crippen LogP contribution in [0.15, 0.2) is 18.2 Å². The lowest BCUT2D eigenvalue weighted by molar-refractivity contribution is -0.140. The number of nitrogens with zero attached hydrogens (tertiary/aromatic N) is 3. The van der Waals surface area contributed by atoms with Crippen molar-refractivity contribution in [3.05, 3.63) is 29.5 Å². The summed E-state index contributed by atoms with van der Waals surface area (Å²) < 4.78 is 1.58. The molecular formula is C26H34N4O3. The van der Waals surface area contributed by atoms with E-state index >= 15 is 0 Å². The van der Waals surface area contributed by atoms with Crippen molar-refractivity contribution < 1.29 is 14.4 Å². The molecule has 3 fully saturated rings. The van der Waals surface area contributed by atoms with Gasteiger partial charge in [0.05, 0.1) is 11.6 Å². The molecule has 1 unspecified atom stereocenters. The fraction of sp³-hybridized carbons (Fsp3) is 0.615. The Balaban J connectivity index is 1.34. The highest BCUT2D eigenvalue weighted by molar-refractivity contribution is 6.04. The fourth-order valence-electron chi connectivity index (χ4n) is 6.35. The molecule has 0 spiro atoms. The van der Waals surface area contributed by atoms with Gasteiger partial charge in [0.2, 0.25) is 5.91 Å². The third-order valence-corrected chi connectivity index (χ3v) is 7.99. The van der Waals surface area contributed by atoms with Gasteiger partial charge < -0.3 is 10.6 Å². The molecule has 1 aliphatic heterocycles. The molecule has 4 atom stereocenters. The standard InChI is InChI=1S/C26H34N4O3/c1-15-6-7-18-20(9-15)29(28-24(18)25(27)33)14-23(32)30-19-11-17(19)12-21(30)22(31)10-16-5-4-8-26(2,3)13-16/h6-7,9,16-17,19,21H,4-5,8,10-14H2,1-3H3,(H2,27,33)/t16?,17-,19-,21+/m1/s1. The van der Waals surface area contributed by atoms with E-state index in [2.05, 4.69) is 18.9 Å². The van der Waals surface area contributed by atoms with Crippen molar-refractivity contribution in [3.8, 4) is 0 Å². The Hall–Kier alpha value is -2.70. The van der Waals surface area contributed by atoms with E-state index in [1.54, 1.807) is 4.68 Å². The predicted molar refractivity (Wildman–Crippen MR) is 125 cm³/mol. The lowest BCUT2D eigenvalue weighted by Gasteiger charge is -2.36. The van der Waals surface area contributed by atoms with Crippen LogP contribution in [0, 0.1) is 24.2 Å². The highest BCUT2D eigenvalue weighted by atomic mass is 16.2. The minimum Gasteiger partial charge on any atom is -0.364 e. The summed E-state index contributed by atoms with van der Waals surface area (Å²) in [6.45, 7) is 6.55. The molecule has 2 aliphatic carbocycles. The average Bonchev–Trinajstić information content (AvgIpc) is 3.24. The number of benzene rings is 1. The molecule has 7 heteroatoms. The maximum Gasteiger partial charge on any atom is 0.269 e. The Kier molecular flexibility index (Phi) is 5.33. The van der Waals surface area contributed by atoms with Crippen LogP contribution >= 0.6 is 0 Å². The largest absolute Gasteiger partial charge is 0.364 e. The van der Waals surface area contributed by atoms with Crippen molar-refractivity contribution >= 4 is 28.5 Å². The Morgan fingerprint density at radius 2 is 2.00 bits per heavy atom. The second-order valence-corrected chi connectivity index (χ2v) is 11.3. The van der Waals surface area contributed by atoms with Crippen molar-refractivity contribution in [1.29, 1.82) is 0 Å². The topological polar surface area (TPSA) is 98.3 Å². The zero-order valence-electron chi connectivity index (χ0n) is 19.8. The van der Waals surface area contributed by atoms with Crippen LogP contribution in [0.2, 0.25) is 0 Å². The summed E-state index contributed by atoms with van der Waals surface area (Å²) in [7, 11) is 0. The van der Waals surface area contributed by atoms with Crippen molar-refractivity contribution in [2.75, 3.05) is 0 Å². The van der Waals surface area contributed by atoms with E-state index in [1.165, 1.54) is 12.8 Å². The van der Waals surface area contributed by atoms with Crippen LogP contribution in [-0.2, 0) is 16.1 Å². The Morgan fingerprint density at radius 3 is 2.73 bits per heavy atom. The molecule has 5 rings (SSSR count). The van der Waals surface area contributed by atoms with Gasteiger partial charge in [-0.25, -0.2) is 0 Å². The maximum atomic E-state index is 13.5. The number of hydrogen-bond acceptors (Lipinski definition) is 4. The van der Waals surface area contributed by atoms with Gasteiger partial charge in [0.15, 0.2) is 11.5 Å². The van der Waals surface area contributed by atoms with Gasteiger partial charge in [0.25, 0.3) is 5.91 Å². The fourth-order valence-corrected chi connectivity index (χ4v) is 6.35.